The molecule has 0 aliphatic rings. The molecule has 0 atom stereocenters. The van der Waals surface area contributed by atoms with E-state index in [0.717, 1.165) is 0 Å². The molecule has 0 heterocycles. The molecular formula is C17H21NO4S. The van der Waals surface area contributed by atoms with Crippen LogP contribution in [0.1, 0.15) is 12.5 Å². The van der Waals surface area contributed by atoms with Crippen LogP contribution in [0.25, 0.3) is 0 Å². The van der Waals surface area contributed by atoms with E-state index < -0.39 is 10.0 Å². The summed E-state index contributed by atoms with van der Waals surface area (Å²) in [5, 5.41) is 0. The molecule has 23 heavy (non-hydrogen) atoms. The maximum absolute atomic E-state index is 13.1. The third-order valence-electron chi connectivity index (χ3n) is 3.58. The fraction of sp³-hybridized carbons (Fsp3) is 0.294. The number of methoxy groups -OCH3 is 2. The first kappa shape index (κ1) is 17.1. The summed E-state index contributed by atoms with van der Waals surface area (Å²) >= 11 is 0. The van der Waals surface area contributed by atoms with Gasteiger partial charge in [-0.1, -0.05) is 18.2 Å². The molecule has 0 saturated carbocycles. The normalized spacial score (nSPS) is 11.1. The minimum Gasteiger partial charge on any atom is -0.493 e. The molecule has 2 rings (SSSR count). The molecule has 0 radical (unpaired) electrons. The number of hydrogen-bond acceptors (Lipinski definition) is 4. The Kier molecular flexibility index (Phi) is 5.15. The molecule has 0 amide bonds. The average Bonchev–Trinajstić information content (AvgIpc) is 2.55. The van der Waals surface area contributed by atoms with Crippen molar-refractivity contribution in [1.29, 1.82) is 0 Å². The molecule has 124 valence electrons. The summed E-state index contributed by atoms with van der Waals surface area (Å²) in [4.78, 5) is 0.209. The van der Waals surface area contributed by atoms with Crippen LogP contribution >= 0.6 is 0 Å². The van der Waals surface area contributed by atoms with Gasteiger partial charge in [0.05, 0.1) is 24.8 Å². The zero-order valence-electron chi connectivity index (χ0n) is 13.7. The number of ether oxygens (including phenoxy) is 2. The minimum atomic E-state index is -3.69. The summed E-state index contributed by atoms with van der Waals surface area (Å²) < 4.78 is 38.0. The number of nitrogens with zero attached hydrogens (tertiary/aromatic N) is 1. The summed E-state index contributed by atoms with van der Waals surface area (Å²) in [5.74, 6) is 0.896. The zero-order valence-corrected chi connectivity index (χ0v) is 14.6. The largest absolute Gasteiger partial charge is 0.493 e. The van der Waals surface area contributed by atoms with Crippen LogP contribution in [-0.2, 0) is 10.0 Å². The maximum Gasteiger partial charge on any atom is 0.264 e. The predicted molar refractivity (Wildman–Crippen MR) is 90.9 cm³/mol. The topological polar surface area (TPSA) is 55.8 Å². The van der Waals surface area contributed by atoms with E-state index in [1.807, 2.05) is 18.2 Å². The van der Waals surface area contributed by atoms with Crippen LogP contribution in [0.5, 0.6) is 11.5 Å². The van der Waals surface area contributed by atoms with Crippen molar-refractivity contribution in [2.24, 2.45) is 0 Å². The van der Waals surface area contributed by atoms with Gasteiger partial charge in [-0.2, -0.15) is 0 Å². The Bertz CT molecular complexity index is 773. The number of sulfonamides is 1. The van der Waals surface area contributed by atoms with Crippen LogP contribution in [0.4, 0.5) is 5.69 Å². The van der Waals surface area contributed by atoms with Crippen molar-refractivity contribution >= 4 is 15.7 Å². The summed E-state index contributed by atoms with van der Waals surface area (Å²) in [7, 11) is -0.689. The minimum absolute atomic E-state index is 0.209. The van der Waals surface area contributed by atoms with Gasteiger partial charge in [0.2, 0.25) is 0 Å². The van der Waals surface area contributed by atoms with Crippen LogP contribution in [0.3, 0.4) is 0 Å². The summed E-state index contributed by atoms with van der Waals surface area (Å²) in [6, 6.07) is 12.2. The molecular weight excluding hydrogens is 314 g/mol. The highest BCUT2D eigenvalue weighted by Crippen LogP contribution is 2.34. The Balaban J connectivity index is 2.59. The maximum atomic E-state index is 13.1. The SMILES string of the molecule is CCN(c1ccccc1)S(=O)(=O)c1cc(OC)c(OC)cc1C. The van der Waals surface area contributed by atoms with Crippen molar-refractivity contribution in [3.8, 4) is 11.5 Å². The van der Waals surface area contributed by atoms with Crippen molar-refractivity contribution < 1.29 is 17.9 Å². The number of anilines is 1. The molecule has 0 N–H and O–H groups in total. The Morgan fingerprint density at radius 3 is 2.09 bits per heavy atom. The highest BCUT2D eigenvalue weighted by Gasteiger charge is 2.27. The van der Waals surface area contributed by atoms with Crippen LogP contribution in [0.2, 0.25) is 0 Å². The third kappa shape index (κ3) is 3.27. The Hall–Kier alpha value is -2.21. The summed E-state index contributed by atoms with van der Waals surface area (Å²) in [6.45, 7) is 3.88. The average molecular weight is 335 g/mol. The molecule has 0 saturated heterocycles. The summed E-state index contributed by atoms with van der Waals surface area (Å²) in [6.07, 6.45) is 0. The van der Waals surface area contributed by atoms with Gasteiger partial charge in [0, 0.05) is 12.6 Å². The summed E-state index contributed by atoms with van der Waals surface area (Å²) in [5.41, 5.74) is 1.24. The molecule has 0 aliphatic heterocycles. The molecule has 6 heteroatoms. The van der Waals surface area contributed by atoms with E-state index in [9.17, 15) is 8.42 Å². The highest BCUT2D eigenvalue weighted by atomic mass is 32.2. The molecule has 0 aliphatic carbocycles. The van der Waals surface area contributed by atoms with E-state index in [1.54, 1.807) is 32.0 Å². The highest BCUT2D eigenvalue weighted by molar-refractivity contribution is 7.92. The van der Waals surface area contributed by atoms with Gasteiger partial charge in [-0.25, -0.2) is 8.42 Å². The number of aryl methyl sites for hydroxylation is 1. The van der Waals surface area contributed by atoms with Gasteiger partial charge < -0.3 is 9.47 Å². The van der Waals surface area contributed by atoms with Gasteiger partial charge in [0.1, 0.15) is 0 Å². The van der Waals surface area contributed by atoms with Gasteiger partial charge in [-0.15, -0.1) is 0 Å². The quantitative estimate of drug-likeness (QED) is 0.813. The predicted octanol–water partition coefficient (Wildman–Crippen LogP) is 3.23. The van der Waals surface area contributed by atoms with Gasteiger partial charge in [-0.05, 0) is 37.6 Å². The van der Waals surface area contributed by atoms with Crippen LogP contribution in [-0.4, -0.2) is 29.2 Å². The van der Waals surface area contributed by atoms with E-state index in [4.69, 9.17) is 9.47 Å². The standard InChI is InChI=1S/C17H21NO4S/c1-5-18(14-9-7-6-8-10-14)23(19,20)17-12-16(22-4)15(21-3)11-13(17)2/h6-12H,5H2,1-4H3. The molecule has 0 bridgehead atoms. The fourth-order valence-corrected chi connectivity index (χ4v) is 4.14. The fourth-order valence-electron chi connectivity index (χ4n) is 2.44. The van der Waals surface area contributed by atoms with Gasteiger partial charge in [0.15, 0.2) is 11.5 Å². The van der Waals surface area contributed by atoms with E-state index >= 15 is 0 Å². The zero-order chi connectivity index (χ0) is 17.0. The smallest absolute Gasteiger partial charge is 0.264 e. The monoisotopic (exact) mass is 335 g/mol. The van der Waals surface area contributed by atoms with E-state index in [1.165, 1.54) is 24.6 Å². The molecule has 2 aromatic rings. The molecule has 2 aromatic carbocycles. The Labute approximate surface area is 137 Å². The van der Waals surface area contributed by atoms with Gasteiger partial charge in [0.25, 0.3) is 10.0 Å². The first-order chi connectivity index (χ1) is 11.0. The van der Waals surface area contributed by atoms with Crippen molar-refractivity contribution in [2.45, 2.75) is 18.7 Å². The number of rotatable bonds is 6. The lowest BCUT2D eigenvalue weighted by Gasteiger charge is -2.24. The molecule has 0 aromatic heterocycles. The Morgan fingerprint density at radius 1 is 1.00 bits per heavy atom. The van der Waals surface area contributed by atoms with E-state index in [-0.39, 0.29) is 4.90 Å². The molecule has 5 nitrogen and oxygen atoms in total. The van der Waals surface area contributed by atoms with Gasteiger partial charge in [-0.3, -0.25) is 4.31 Å². The molecule has 0 fully saturated rings. The molecule has 0 spiro atoms. The first-order valence-corrected chi connectivity index (χ1v) is 8.70. The first-order valence-electron chi connectivity index (χ1n) is 7.26. The van der Waals surface area contributed by atoms with Crippen LogP contribution in [0.15, 0.2) is 47.4 Å². The lowest BCUT2D eigenvalue weighted by atomic mass is 10.2. The van der Waals surface area contributed by atoms with Crippen molar-refractivity contribution in [3.05, 3.63) is 48.0 Å². The second-order valence-electron chi connectivity index (χ2n) is 4.98. The second-order valence-corrected chi connectivity index (χ2v) is 6.81. The lowest BCUT2D eigenvalue weighted by molar-refractivity contribution is 0.353. The third-order valence-corrected chi connectivity index (χ3v) is 5.63. The lowest BCUT2D eigenvalue weighted by Crippen LogP contribution is -2.31. The van der Waals surface area contributed by atoms with Crippen LogP contribution < -0.4 is 13.8 Å². The van der Waals surface area contributed by atoms with Crippen molar-refractivity contribution in [2.75, 3.05) is 25.1 Å². The van der Waals surface area contributed by atoms with Crippen LogP contribution in [0, 0.1) is 6.92 Å². The van der Waals surface area contributed by atoms with Crippen molar-refractivity contribution in [1.82, 2.24) is 0 Å². The van der Waals surface area contributed by atoms with Crippen molar-refractivity contribution in [3.63, 3.8) is 0 Å². The van der Waals surface area contributed by atoms with E-state index in [2.05, 4.69) is 0 Å². The second kappa shape index (κ2) is 6.91. The number of hydrogen-bond donors (Lipinski definition) is 0. The number of para-hydroxylation sites is 1. The molecule has 0 unspecified atom stereocenters. The number of benzene rings is 2. The van der Waals surface area contributed by atoms with E-state index in [0.29, 0.717) is 29.3 Å². The Morgan fingerprint density at radius 2 is 1.57 bits per heavy atom. The van der Waals surface area contributed by atoms with Gasteiger partial charge >= 0.3 is 0 Å².